The number of aliphatic carboxylic acids is 1. The SMILES string of the molecule is CNNC(C(=O)O)(C(=O)NCc1ccccc1)C(C)(C)C. The van der Waals surface area contributed by atoms with E-state index in [1.807, 2.05) is 30.3 Å². The van der Waals surface area contributed by atoms with Crippen LogP contribution in [0.25, 0.3) is 0 Å². The van der Waals surface area contributed by atoms with E-state index in [9.17, 15) is 14.7 Å². The third-order valence-electron chi connectivity index (χ3n) is 3.39. The maximum Gasteiger partial charge on any atom is 0.335 e. The van der Waals surface area contributed by atoms with E-state index < -0.39 is 22.8 Å². The molecule has 1 atom stereocenters. The lowest BCUT2D eigenvalue weighted by atomic mass is 9.73. The standard InChI is InChI=1S/C15H23N3O3/c1-14(2,3)15(13(20)21,18-16-4)12(19)17-10-11-8-6-5-7-9-11/h5-9,16,18H,10H2,1-4H3,(H,17,19)(H,20,21). The van der Waals surface area contributed by atoms with Crippen LogP contribution in [0.4, 0.5) is 0 Å². The summed E-state index contributed by atoms with van der Waals surface area (Å²) in [5.41, 5.74) is 3.50. The zero-order chi connectivity index (χ0) is 16.1. The summed E-state index contributed by atoms with van der Waals surface area (Å²) in [4.78, 5) is 24.3. The molecule has 0 radical (unpaired) electrons. The van der Waals surface area contributed by atoms with Gasteiger partial charge in [-0.25, -0.2) is 10.2 Å². The van der Waals surface area contributed by atoms with E-state index >= 15 is 0 Å². The molecule has 0 aliphatic carbocycles. The average molecular weight is 293 g/mol. The molecule has 1 unspecified atom stereocenters. The molecule has 0 aliphatic rings. The van der Waals surface area contributed by atoms with Gasteiger partial charge in [-0.1, -0.05) is 51.1 Å². The minimum absolute atomic E-state index is 0.274. The number of benzene rings is 1. The van der Waals surface area contributed by atoms with Crippen molar-refractivity contribution in [2.75, 3.05) is 7.05 Å². The van der Waals surface area contributed by atoms with E-state index in [1.165, 1.54) is 7.05 Å². The van der Waals surface area contributed by atoms with Crippen molar-refractivity contribution in [1.29, 1.82) is 0 Å². The van der Waals surface area contributed by atoms with Crippen molar-refractivity contribution in [3.63, 3.8) is 0 Å². The van der Waals surface area contributed by atoms with Crippen molar-refractivity contribution in [3.05, 3.63) is 35.9 Å². The van der Waals surface area contributed by atoms with E-state index in [1.54, 1.807) is 20.8 Å². The molecule has 1 aromatic carbocycles. The normalized spacial score (nSPS) is 14.3. The number of carbonyl (C=O) groups is 2. The first-order valence-corrected chi connectivity index (χ1v) is 6.75. The minimum atomic E-state index is -1.77. The Morgan fingerprint density at radius 2 is 1.71 bits per heavy atom. The summed E-state index contributed by atoms with van der Waals surface area (Å²) >= 11 is 0. The molecule has 0 saturated heterocycles. The number of hydrazine groups is 1. The largest absolute Gasteiger partial charge is 0.479 e. The highest BCUT2D eigenvalue weighted by Crippen LogP contribution is 2.30. The van der Waals surface area contributed by atoms with E-state index in [0.717, 1.165) is 5.56 Å². The van der Waals surface area contributed by atoms with Crippen molar-refractivity contribution in [1.82, 2.24) is 16.2 Å². The quantitative estimate of drug-likeness (QED) is 0.462. The predicted molar refractivity (Wildman–Crippen MR) is 80.3 cm³/mol. The lowest BCUT2D eigenvalue weighted by Crippen LogP contribution is -2.71. The molecule has 6 nitrogen and oxygen atoms in total. The van der Waals surface area contributed by atoms with Gasteiger partial charge in [-0.05, 0) is 12.6 Å². The number of hydrogen-bond acceptors (Lipinski definition) is 4. The smallest absolute Gasteiger partial charge is 0.335 e. The molecular weight excluding hydrogens is 270 g/mol. The number of nitrogens with one attached hydrogen (secondary N) is 3. The van der Waals surface area contributed by atoms with Gasteiger partial charge in [0.1, 0.15) is 0 Å². The molecule has 1 amide bonds. The summed E-state index contributed by atoms with van der Waals surface area (Å²) in [6.07, 6.45) is 0. The Hall–Kier alpha value is -1.92. The Morgan fingerprint density at radius 3 is 2.14 bits per heavy atom. The Morgan fingerprint density at radius 1 is 1.14 bits per heavy atom. The Kier molecular flexibility index (Phi) is 5.46. The van der Waals surface area contributed by atoms with Crippen LogP contribution >= 0.6 is 0 Å². The molecule has 21 heavy (non-hydrogen) atoms. The van der Waals surface area contributed by atoms with Crippen LogP contribution in [0.1, 0.15) is 26.3 Å². The topological polar surface area (TPSA) is 90.5 Å². The van der Waals surface area contributed by atoms with Crippen LogP contribution in [0, 0.1) is 5.41 Å². The second kappa shape index (κ2) is 6.69. The third-order valence-corrected chi connectivity index (χ3v) is 3.39. The van der Waals surface area contributed by atoms with Crippen LogP contribution in [0.15, 0.2) is 30.3 Å². The number of carboxylic acid groups (broad SMARTS) is 1. The van der Waals surface area contributed by atoms with Gasteiger partial charge >= 0.3 is 5.97 Å². The van der Waals surface area contributed by atoms with Gasteiger partial charge in [0.15, 0.2) is 0 Å². The maximum absolute atomic E-state index is 12.5. The maximum atomic E-state index is 12.5. The zero-order valence-corrected chi connectivity index (χ0v) is 12.9. The van der Waals surface area contributed by atoms with Gasteiger partial charge in [0.05, 0.1) is 0 Å². The summed E-state index contributed by atoms with van der Waals surface area (Å²) in [6, 6.07) is 9.34. The molecule has 0 saturated carbocycles. The number of hydrogen-bond donors (Lipinski definition) is 4. The second-order valence-corrected chi connectivity index (χ2v) is 5.85. The first-order valence-electron chi connectivity index (χ1n) is 6.75. The van der Waals surface area contributed by atoms with Gasteiger partial charge < -0.3 is 10.4 Å². The van der Waals surface area contributed by atoms with E-state index in [0.29, 0.717) is 0 Å². The van der Waals surface area contributed by atoms with Crippen LogP contribution in [-0.2, 0) is 16.1 Å². The molecule has 0 spiro atoms. The molecule has 0 aliphatic heterocycles. The van der Waals surface area contributed by atoms with Crippen molar-refractivity contribution in [2.24, 2.45) is 5.41 Å². The van der Waals surface area contributed by atoms with Crippen molar-refractivity contribution >= 4 is 11.9 Å². The fraction of sp³-hybridized carbons (Fsp3) is 0.467. The fourth-order valence-electron chi connectivity index (χ4n) is 2.15. The zero-order valence-electron chi connectivity index (χ0n) is 12.9. The van der Waals surface area contributed by atoms with E-state index in [-0.39, 0.29) is 6.54 Å². The fourth-order valence-corrected chi connectivity index (χ4v) is 2.15. The van der Waals surface area contributed by atoms with Crippen LogP contribution < -0.4 is 16.2 Å². The molecule has 6 heteroatoms. The Balaban J connectivity index is 2.98. The number of amides is 1. The molecular formula is C15H23N3O3. The Labute approximate surface area is 124 Å². The molecule has 0 heterocycles. The number of carboxylic acids is 1. The van der Waals surface area contributed by atoms with Crippen LogP contribution in [-0.4, -0.2) is 29.6 Å². The van der Waals surface area contributed by atoms with Gasteiger partial charge in [0.2, 0.25) is 5.54 Å². The van der Waals surface area contributed by atoms with Gasteiger partial charge in [0.25, 0.3) is 5.91 Å². The molecule has 1 rings (SSSR count). The summed E-state index contributed by atoms with van der Waals surface area (Å²) in [5.74, 6) is -1.81. The number of rotatable bonds is 6. The van der Waals surface area contributed by atoms with Gasteiger partial charge in [-0.3, -0.25) is 10.2 Å². The highest BCUT2D eigenvalue weighted by molar-refractivity contribution is 6.07. The summed E-state index contributed by atoms with van der Waals surface area (Å²) in [6.45, 7) is 5.38. The lowest BCUT2D eigenvalue weighted by molar-refractivity contribution is -0.158. The van der Waals surface area contributed by atoms with Crippen LogP contribution in [0.3, 0.4) is 0 Å². The van der Waals surface area contributed by atoms with E-state index in [2.05, 4.69) is 16.2 Å². The van der Waals surface area contributed by atoms with Crippen LogP contribution in [0.5, 0.6) is 0 Å². The predicted octanol–water partition coefficient (Wildman–Crippen LogP) is 0.896. The number of carbonyl (C=O) groups excluding carboxylic acids is 1. The second-order valence-electron chi connectivity index (χ2n) is 5.85. The van der Waals surface area contributed by atoms with E-state index in [4.69, 9.17) is 0 Å². The highest BCUT2D eigenvalue weighted by atomic mass is 16.4. The first kappa shape index (κ1) is 17.1. The first-order chi connectivity index (χ1) is 9.75. The lowest BCUT2D eigenvalue weighted by Gasteiger charge is -2.39. The van der Waals surface area contributed by atoms with Crippen LogP contribution in [0.2, 0.25) is 0 Å². The molecule has 116 valence electrons. The van der Waals surface area contributed by atoms with Gasteiger partial charge in [0, 0.05) is 12.0 Å². The van der Waals surface area contributed by atoms with Gasteiger partial charge in [-0.2, -0.15) is 0 Å². The average Bonchev–Trinajstić information content (AvgIpc) is 2.41. The summed E-state index contributed by atoms with van der Waals surface area (Å²) in [7, 11) is 1.54. The van der Waals surface area contributed by atoms with Crippen molar-refractivity contribution in [3.8, 4) is 0 Å². The molecule has 0 bridgehead atoms. The molecule has 0 aromatic heterocycles. The monoisotopic (exact) mass is 293 g/mol. The third kappa shape index (κ3) is 3.59. The summed E-state index contributed by atoms with van der Waals surface area (Å²) < 4.78 is 0. The van der Waals surface area contributed by atoms with Crippen molar-refractivity contribution in [2.45, 2.75) is 32.9 Å². The minimum Gasteiger partial charge on any atom is -0.479 e. The van der Waals surface area contributed by atoms with Crippen molar-refractivity contribution < 1.29 is 14.7 Å². The molecule has 0 fully saturated rings. The molecule has 1 aromatic rings. The van der Waals surface area contributed by atoms with Gasteiger partial charge in [-0.15, -0.1) is 0 Å². The summed E-state index contributed by atoms with van der Waals surface area (Å²) in [5, 5.41) is 12.3. The highest BCUT2D eigenvalue weighted by Gasteiger charge is 2.55. The Bertz CT molecular complexity index is 497. The molecule has 4 N–H and O–H groups in total.